The molecule has 0 saturated heterocycles. The first-order chi connectivity index (χ1) is 7.40. The van der Waals surface area contributed by atoms with Crippen LogP contribution in [0.3, 0.4) is 0 Å². The van der Waals surface area contributed by atoms with E-state index < -0.39 is 0 Å². The molecule has 0 fully saturated rings. The molecule has 3 nitrogen and oxygen atoms in total. The van der Waals surface area contributed by atoms with E-state index in [-0.39, 0.29) is 0 Å². The van der Waals surface area contributed by atoms with Crippen molar-refractivity contribution in [1.82, 2.24) is 9.55 Å². The van der Waals surface area contributed by atoms with Crippen LogP contribution in [-0.4, -0.2) is 16.1 Å². The number of hydrogen-bond acceptors (Lipinski definition) is 3. The van der Waals surface area contributed by atoms with Crippen molar-refractivity contribution in [3.8, 4) is 0 Å². The van der Waals surface area contributed by atoms with Gasteiger partial charge in [-0.15, -0.1) is 0 Å². The molecule has 2 N–H and O–H groups in total. The van der Waals surface area contributed by atoms with Crippen LogP contribution in [0, 0.1) is 0 Å². The minimum absolute atomic E-state index is 0.662. The van der Waals surface area contributed by atoms with Crippen molar-refractivity contribution in [2.75, 3.05) is 6.54 Å². The molecule has 0 amide bonds. The van der Waals surface area contributed by atoms with E-state index in [1.807, 2.05) is 12.4 Å². The Morgan fingerprint density at radius 3 is 3.07 bits per heavy atom. The van der Waals surface area contributed by atoms with Gasteiger partial charge in [-0.2, -0.15) is 11.3 Å². The minimum atomic E-state index is 0.662. The van der Waals surface area contributed by atoms with Gasteiger partial charge >= 0.3 is 0 Å². The van der Waals surface area contributed by atoms with Crippen LogP contribution in [0.2, 0.25) is 0 Å². The van der Waals surface area contributed by atoms with Crippen molar-refractivity contribution >= 4 is 11.3 Å². The first-order valence-corrected chi connectivity index (χ1v) is 6.05. The summed E-state index contributed by atoms with van der Waals surface area (Å²) in [5.41, 5.74) is 6.92. The number of thiophene rings is 1. The molecule has 0 bridgehead atoms. The maximum absolute atomic E-state index is 5.53. The minimum Gasteiger partial charge on any atom is -0.335 e. The lowest BCUT2D eigenvalue weighted by Crippen LogP contribution is -2.10. The van der Waals surface area contributed by atoms with Crippen LogP contribution < -0.4 is 5.73 Å². The molecule has 0 aromatic carbocycles. The number of nitrogens with zero attached hydrogens (tertiary/aromatic N) is 2. The lowest BCUT2D eigenvalue weighted by atomic mass is 10.2. The second kappa shape index (κ2) is 5.09. The summed E-state index contributed by atoms with van der Waals surface area (Å²) in [6.07, 6.45) is 5.80. The highest BCUT2D eigenvalue weighted by atomic mass is 32.1. The van der Waals surface area contributed by atoms with E-state index in [1.165, 1.54) is 5.56 Å². The second-order valence-corrected chi connectivity index (χ2v) is 4.24. The van der Waals surface area contributed by atoms with E-state index >= 15 is 0 Å². The van der Waals surface area contributed by atoms with Gasteiger partial charge in [0.25, 0.3) is 0 Å². The van der Waals surface area contributed by atoms with Crippen LogP contribution in [-0.2, 0) is 19.4 Å². The number of rotatable bonds is 5. The van der Waals surface area contributed by atoms with E-state index in [1.54, 1.807) is 11.3 Å². The topological polar surface area (TPSA) is 43.8 Å². The number of nitrogens with two attached hydrogens (primary N) is 1. The molecule has 0 unspecified atom stereocenters. The lowest BCUT2D eigenvalue weighted by Gasteiger charge is -2.05. The Morgan fingerprint density at radius 2 is 2.33 bits per heavy atom. The molecular weight excluding hydrogens is 206 g/mol. The van der Waals surface area contributed by atoms with E-state index in [4.69, 9.17) is 5.73 Å². The van der Waals surface area contributed by atoms with Crippen molar-refractivity contribution in [3.63, 3.8) is 0 Å². The van der Waals surface area contributed by atoms with Gasteiger partial charge in [0.2, 0.25) is 0 Å². The Morgan fingerprint density at radius 1 is 1.40 bits per heavy atom. The zero-order valence-corrected chi connectivity index (χ0v) is 9.41. The Labute approximate surface area is 93.6 Å². The summed E-state index contributed by atoms with van der Waals surface area (Å²) in [4.78, 5) is 4.29. The van der Waals surface area contributed by atoms with E-state index in [2.05, 4.69) is 26.4 Å². The van der Waals surface area contributed by atoms with Crippen molar-refractivity contribution in [2.24, 2.45) is 5.73 Å². The van der Waals surface area contributed by atoms with Crippen molar-refractivity contribution in [1.29, 1.82) is 0 Å². The summed E-state index contributed by atoms with van der Waals surface area (Å²) in [5, 5.41) is 4.31. The van der Waals surface area contributed by atoms with Crippen LogP contribution in [0.1, 0.15) is 11.4 Å². The average Bonchev–Trinajstić information content (AvgIpc) is 2.85. The Balaban J connectivity index is 1.95. The molecule has 0 atom stereocenters. The van der Waals surface area contributed by atoms with Gasteiger partial charge in [-0.3, -0.25) is 0 Å². The zero-order chi connectivity index (χ0) is 10.5. The van der Waals surface area contributed by atoms with Crippen LogP contribution in [0.15, 0.2) is 29.2 Å². The summed E-state index contributed by atoms with van der Waals surface area (Å²) in [6, 6.07) is 2.17. The molecule has 4 heteroatoms. The average molecular weight is 221 g/mol. The Bertz CT molecular complexity index is 392. The smallest absolute Gasteiger partial charge is 0.109 e. The standard InChI is InChI=1S/C11H15N3S/c12-4-1-11-13-5-7-14(11)6-2-10-3-8-15-9-10/h3,5,7-9H,1-2,4,6,12H2. The first-order valence-electron chi connectivity index (χ1n) is 5.11. The van der Waals surface area contributed by atoms with Gasteiger partial charge in [-0.25, -0.2) is 4.98 Å². The predicted molar refractivity (Wildman–Crippen MR) is 63.0 cm³/mol. The van der Waals surface area contributed by atoms with Gasteiger partial charge in [0, 0.05) is 25.4 Å². The normalized spacial score (nSPS) is 10.7. The number of aryl methyl sites for hydroxylation is 2. The van der Waals surface area contributed by atoms with E-state index in [0.717, 1.165) is 25.2 Å². The highest BCUT2D eigenvalue weighted by molar-refractivity contribution is 7.07. The fourth-order valence-corrected chi connectivity index (χ4v) is 2.29. The Kier molecular flexibility index (Phi) is 3.53. The fraction of sp³-hybridized carbons (Fsp3) is 0.364. The van der Waals surface area contributed by atoms with Crippen LogP contribution >= 0.6 is 11.3 Å². The molecule has 0 aliphatic carbocycles. The molecule has 2 aromatic heterocycles. The van der Waals surface area contributed by atoms with Gasteiger partial charge in [0.05, 0.1) is 0 Å². The van der Waals surface area contributed by atoms with Crippen molar-refractivity contribution in [2.45, 2.75) is 19.4 Å². The lowest BCUT2D eigenvalue weighted by molar-refractivity contribution is 0.649. The first kappa shape index (κ1) is 10.4. The molecule has 2 rings (SSSR count). The van der Waals surface area contributed by atoms with Crippen LogP contribution in [0.4, 0.5) is 0 Å². The van der Waals surface area contributed by atoms with Gasteiger partial charge in [0.15, 0.2) is 0 Å². The van der Waals surface area contributed by atoms with Crippen molar-refractivity contribution in [3.05, 3.63) is 40.6 Å². The van der Waals surface area contributed by atoms with Gasteiger partial charge in [0.1, 0.15) is 5.82 Å². The molecule has 0 aliphatic rings. The zero-order valence-electron chi connectivity index (χ0n) is 8.60. The maximum Gasteiger partial charge on any atom is 0.109 e. The summed E-state index contributed by atoms with van der Waals surface area (Å²) < 4.78 is 2.19. The van der Waals surface area contributed by atoms with Crippen molar-refractivity contribution < 1.29 is 0 Å². The highest BCUT2D eigenvalue weighted by Gasteiger charge is 2.01. The maximum atomic E-state index is 5.53. The molecule has 0 radical (unpaired) electrons. The number of aromatic nitrogens is 2. The van der Waals surface area contributed by atoms with E-state index in [0.29, 0.717) is 6.54 Å². The van der Waals surface area contributed by atoms with Crippen LogP contribution in [0.25, 0.3) is 0 Å². The third kappa shape index (κ3) is 2.67. The molecular formula is C11H15N3S. The molecule has 2 aromatic rings. The quantitative estimate of drug-likeness (QED) is 0.835. The molecule has 0 spiro atoms. The predicted octanol–water partition coefficient (Wildman–Crippen LogP) is 1.69. The number of imidazole rings is 1. The largest absolute Gasteiger partial charge is 0.335 e. The summed E-state index contributed by atoms with van der Waals surface area (Å²) >= 11 is 1.75. The van der Waals surface area contributed by atoms with Gasteiger partial charge < -0.3 is 10.3 Å². The number of hydrogen-bond donors (Lipinski definition) is 1. The van der Waals surface area contributed by atoms with E-state index in [9.17, 15) is 0 Å². The van der Waals surface area contributed by atoms with Crippen LogP contribution in [0.5, 0.6) is 0 Å². The summed E-state index contributed by atoms with van der Waals surface area (Å²) in [7, 11) is 0. The summed E-state index contributed by atoms with van der Waals surface area (Å²) in [6.45, 7) is 1.65. The fourth-order valence-electron chi connectivity index (χ4n) is 1.59. The Hall–Kier alpha value is -1.13. The third-order valence-corrected chi connectivity index (χ3v) is 3.12. The van der Waals surface area contributed by atoms with Gasteiger partial charge in [-0.1, -0.05) is 0 Å². The monoisotopic (exact) mass is 221 g/mol. The SMILES string of the molecule is NCCc1nccn1CCc1ccsc1. The molecule has 0 aliphatic heterocycles. The molecule has 80 valence electrons. The third-order valence-electron chi connectivity index (χ3n) is 2.39. The molecule has 15 heavy (non-hydrogen) atoms. The van der Waals surface area contributed by atoms with Gasteiger partial charge in [-0.05, 0) is 35.4 Å². The highest BCUT2D eigenvalue weighted by Crippen LogP contribution is 2.08. The second-order valence-electron chi connectivity index (χ2n) is 3.46. The molecule has 2 heterocycles. The molecule has 0 saturated carbocycles. The summed E-state index contributed by atoms with van der Waals surface area (Å²) in [5.74, 6) is 1.09.